The monoisotopic (exact) mass is 363 g/mol. The molecule has 1 nitrogen and oxygen atoms in total. The van der Waals surface area contributed by atoms with Crippen LogP contribution in [0.1, 0.15) is 65.6 Å². The van der Waals surface area contributed by atoms with Crippen LogP contribution in [-0.4, -0.2) is 0 Å². The topological polar surface area (TPSA) is 26.0 Å². The standard InChI is InChI=1S/C18H22BrNS/c1-12-11-16(21-18(12)19)17(20)15-9-7-14(8-10-15)13-5-3-2-4-6-13/h7-11,13,17H,2-6,20H2,1H3. The van der Waals surface area contributed by atoms with Crippen molar-refractivity contribution in [3.8, 4) is 0 Å². The minimum Gasteiger partial charge on any atom is -0.320 e. The summed E-state index contributed by atoms with van der Waals surface area (Å²) in [5, 5.41) is 0. The molecule has 1 aliphatic rings. The zero-order valence-electron chi connectivity index (χ0n) is 12.4. The molecule has 1 aliphatic carbocycles. The van der Waals surface area contributed by atoms with Gasteiger partial charge in [0.15, 0.2) is 0 Å². The van der Waals surface area contributed by atoms with Crippen LogP contribution in [0.4, 0.5) is 0 Å². The Morgan fingerprint density at radius 2 is 1.81 bits per heavy atom. The van der Waals surface area contributed by atoms with Crippen LogP contribution in [0.15, 0.2) is 34.1 Å². The van der Waals surface area contributed by atoms with Gasteiger partial charge in [-0.15, -0.1) is 11.3 Å². The summed E-state index contributed by atoms with van der Waals surface area (Å²) >= 11 is 5.32. The molecular weight excluding hydrogens is 342 g/mol. The van der Waals surface area contributed by atoms with Gasteiger partial charge in [0, 0.05) is 4.88 Å². The van der Waals surface area contributed by atoms with Crippen molar-refractivity contribution in [1.82, 2.24) is 0 Å². The number of thiophene rings is 1. The van der Waals surface area contributed by atoms with Gasteiger partial charge in [-0.1, -0.05) is 43.5 Å². The highest BCUT2D eigenvalue weighted by Crippen LogP contribution is 2.35. The molecule has 0 bridgehead atoms. The molecule has 21 heavy (non-hydrogen) atoms. The van der Waals surface area contributed by atoms with Crippen LogP contribution in [0.25, 0.3) is 0 Å². The summed E-state index contributed by atoms with van der Waals surface area (Å²) in [5.41, 5.74) is 10.4. The van der Waals surface area contributed by atoms with Gasteiger partial charge in [-0.3, -0.25) is 0 Å². The van der Waals surface area contributed by atoms with E-state index < -0.39 is 0 Å². The summed E-state index contributed by atoms with van der Waals surface area (Å²) in [6, 6.07) is 11.2. The lowest BCUT2D eigenvalue weighted by Crippen LogP contribution is -2.11. The smallest absolute Gasteiger partial charge is 0.0731 e. The lowest BCUT2D eigenvalue weighted by atomic mass is 9.83. The van der Waals surface area contributed by atoms with Gasteiger partial charge < -0.3 is 5.73 Å². The molecular formula is C18H22BrNS. The first-order valence-electron chi connectivity index (χ1n) is 7.76. The van der Waals surface area contributed by atoms with Gasteiger partial charge in [0.2, 0.25) is 0 Å². The molecule has 1 fully saturated rings. The summed E-state index contributed by atoms with van der Waals surface area (Å²) in [4.78, 5) is 1.23. The van der Waals surface area contributed by atoms with Crippen LogP contribution >= 0.6 is 27.3 Å². The van der Waals surface area contributed by atoms with E-state index in [1.165, 1.54) is 57.5 Å². The maximum absolute atomic E-state index is 6.42. The summed E-state index contributed by atoms with van der Waals surface area (Å²) in [7, 11) is 0. The van der Waals surface area contributed by atoms with Crippen LogP contribution in [0.2, 0.25) is 0 Å². The van der Waals surface area contributed by atoms with Gasteiger partial charge in [-0.05, 0) is 64.4 Å². The van der Waals surface area contributed by atoms with Gasteiger partial charge in [0.05, 0.1) is 9.83 Å². The molecule has 3 rings (SSSR count). The average molecular weight is 364 g/mol. The number of benzene rings is 1. The molecule has 2 aromatic rings. The molecule has 112 valence electrons. The highest BCUT2D eigenvalue weighted by atomic mass is 79.9. The molecule has 1 unspecified atom stereocenters. The van der Waals surface area contributed by atoms with E-state index >= 15 is 0 Å². The first-order valence-corrected chi connectivity index (χ1v) is 9.37. The summed E-state index contributed by atoms with van der Waals surface area (Å²) in [6.07, 6.45) is 6.87. The Balaban J connectivity index is 1.76. The Labute approximate surface area is 139 Å². The molecule has 3 heteroatoms. The molecule has 0 spiro atoms. The van der Waals surface area contributed by atoms with Gasteiger partial charge in [0.25, 0.3) is 0 Å². The Hall–Kier alpha value is -0.640. The van der Waals surface area contributed by atoms with Crippen molar-refractivity contribution in [2.24, 2.45) is 5.73 Å². The van der Waals surface area contributed by atoms with E-state index in [-0.39, 0.29) is 6.04 Å². The third kappa shape index (κ3) is 3.41. The van der Waals surface area contributed by atoms with E-state index in [0.717, 1.165) is 5.92 Å². The van der Waals surface area contributed by atoms with E-state index in [1.54, 1.807) is 11.3 Å². The summed E-state index contributed by atoms with van der Waals surface area (Å²) in [6.45, 7) is 2.11. The van der Waals surface area contributed by atoms with Crippen molar-refractivity contribution >= 4 is 27.3 Å². The molecule has 0 radical (unpaired) electrons. The maximum Gasteiger partial charge on any atom is 0.0731 e. The van der Waals surface area contributed by atoms with Gasteiger partial charge in [-0.25, -0.2) is 0 Å². The van der Waals surface area contributed by atoms with E-state index in [2.05, 4.69) is 53.2 Å². The minimum atomic E-state index is -0.0135. The molecule has 2 N–H and O–H groups in total. The Kier molecular flexibility index (Phi) is 4.82. The van der Waals surface area contributed by atoms with Crippen molar-refractivity contribution in [2.45, 2.75) is 51.0 Å². The van der Waals surface area contributed by atoms with Crippen LogP contribution in [-0.2, 0) is 0 Å². The molecule has 1 aromatic carbocycles. The van der Waals surface area contributed by atoms with Crippen molar-refractivity contribution in [2.75, 3.05) is 0 Å². The van der Waals surface area contributed by atoms with E-state index in [0.29, 0.717) is 0 Å². The average Bonchev–Trinajstić information content (AvgIpc) is 2.87. The first kappa shape index (κ1) is 15.3. The van der Waals surface area contributed by atoms with Crippen LogP contribution in [0.5, 0.6) is 0 Å². The second kappa shape index (κ2) is 6.64. The molecule has 1 atom stereocenters. The number of halogens is 1. The minimum absolute atomic E-state index is 0.0135. The van der Waals surface area contributed by atoms with Gasteiger partial charge in [-0.2, -0.15) is 0 Å². The highest BCUT2D eigenvalue weighted by Gasteiger charge is 2.17. The fourth-order valence-electron chi connectivity index (χ4n) is 3.21. The van der Waals surface area contributed by atoms with Crippen molar-refractivity contribution in [1.29, 1.82) is 0 Å². The summed E-state index contributed by atoms with van der Waals surface area (Å²) in [5.74, 6) is 0.766. The lowest BCUT2D eigenvalue weighted by Gasteiger charge is -2.22. The van der Waals surface area contributed by atoms with Crippen LogP contribution in [0, 0.1) is 6.92 Å². The van der Waals surface area contributed by atoms with Crippen molar-refractivity contribution in [3.05, 3.63) is 55.7 Å². The van der Waals surface area contributed by atoms with Crippen molar-refractivity contribution < 1.29 is 0 Å². The molecule has 0 amide bonds. The second-order valence-electron chi connectivity index (χ2n) is 6.08. The molecule has 1 heterocycles. The number of hydrogen-bond donors (Lipinski definition) is 1. The SMILES string of the molecule is Cc1cc(C(N)c2ccc(C3CCCCC3)cc2)sc1Br. The van der Waals surface area contributed by atoms with E-state index in [1.807, 2.05) is 0 Å². The van der Waals surface area contributed by atoms with Crippen LogP contribution < -0.4 is 5.73 Å². The Morgan fingerprint density at radius 1 is 1.14 bits per heavy atom. The summed E-state index contributed by atoms with van der Waals surface area (Å²) < 4.78 is 1.19. The van der Waals surface area contributed by atoms with E-state index in [9.17, 15) is 0 Å². The lowest BCUT2D eigenvalue weighted by molar-refractivity contribution is 0.443. The maximum atomic E-state index is 6.42. The predicted octanol–water partition coefficient (Wildman–Crippen LogP) is 5.91. The second-order valence-corrected chi connectivity index (χ2v) is 8.49. The Morgan fingerprint density at radius 3 is 2.38 bits per heavy atom. The third-order valence-corrected chi connectivity index (χ3v) is 6.77. The zero-order valence-corrected chi connectivity index (χ0v) is 14.8. The van der Waals surface area contributed by atoms with Gasteiger partial charge >= 0.3 is 0 Å². The van der Waals surface area contributed by atoms with Crippen molar-refractivity contribution in [3.63, 3.8) is 0 Å². The van der Waals surface area contributed by atoms with E-state index in [4.69, 9.17) is 5.73 Å². The van der Waals surface area contributed by atoms with Crippen LogP contribution in [0.3, 0.4) is 0 Å². The number of aryl methyl sites for hydroxylation is 1. The third-order valence-electron chi connectivity index (χ3n) is 4.55. The number of hydrogen-bond acceptors (Lipinski definition) is 2. The first-order chi connectivity index (χ1) is 10.1. The predicted molar refractivity (Wildman–Crippen MR) is 95.1 cm³/mol. The quantitative estimate of drug-likeness (QED) is 0.719. The molecule has 1 saturated carbocycles. The Bertz CT molecular complexity index is 577. The number of nitrogens with two attached hydrogens (primary N) is 1. The molecule has 0 aliphatic heterocycles. The molecule has 0 saturated heterocycles. The highest BCUT2D eigenvalue weighted by molar-refractivity contribution is 9.11. The van der Waals surface area contributed by atoms with Gasteiger partial charge in [0.1, 0.15) is 0 Å². The fourth-order valence-corrected chi connectivity index (χ4v) is 4.81. The zero-order chi connectivity index (χ0) is 14.8. The largest absolute Gasteiger partial charge is 0.320 e. The number of rotatable bonds is 3. The molecule has 1 aromatic heterocycles. The normalized spacial score (nSPS) is 17.9. The fraction of sp³-hybridized carbons (Fsp3) is 0.444.